The van der Waals surface area contributed by atoms with E-state index in [1.54, 1.807) is 11.9 Å². The summed E-state index contributed by atoms with van der Waals surface area (Å²) >= 11 is 1.31. The molecule has 0 heterocycles. The lowest BCUT2D eigenvalue weighted by atomic mass is 9.96. The SMILES string of the molecule is CC(C)[C@H](CSCC(=O)O)C(=O)N(C)C(C)C. The first-order chi connectivity index (χ1) is 7.77. The largest absolute Gasteiger partial charge is 0.481 e. The van der Waals surface area contributed by atoms with Gasteiger partial charge in [-0.1, -0.05) is 13.8 Å². The maximum atomic E-state index is 12.2. The number of carbonyl (C=O) groups is 2. The van der Waals surface area contributed by atoms with Gasteiger partial charge in [0.1, 0.15) is 0 Å². The molecule has 4 nitrogen and oxygen atoms in total. The number of carboxylic acids is 1. The summed E-state index contributed by atoms with van der Waals surface area (Å²) in [5.74, 6) is 0.0219. The van der Waals surface area contributed by atoms with Crippen LogP contribution < -0.4 is 0 Å². The van der Waals surface area contributed by atoms with Gasteiger partial charge in [-0.3, -0.25) is 9.59 Å². The lowest BCUT2D eigenvalue weighted by Crippen LogP contribution is -2.40. The molecule has 0 aromatic rings. The summed E-state index contributed by atoms with van der Waals surface area (Å²) in [7, 11) is 1.80. The molecule has 0 fully saturated rings. The first kappa shape index (κ1) is 16.3. The highest BCUT2D eigenvalue weighted by Gasteiger charge is 2.26. The lowest BCUT2D eigenvalue weighted by Gasteiger charge is -2.28. The van der Waals surface area contributed by atoms with Gasteiger partial charge in [-0.15, -0.1) is 11.8 Å². The third-order valence-corrected chi connectivity index (χ3v) is 3.81. The van der Waals surface area contributed by atoms with Gasteiger partial charge in [-0.2, -0.15) is 0 Å². The Kier molecular flexibility index (Phi) is 7.27. The number of hydrogen-bond donors (Lipinski definition) is 1. The molecule has 0 aromatic carbocycles. The van der Waals surface area contributed by atoms with Crippen molar-refractivity contribution in [2.75, 3.05) is 18.6 Å². The topological polar surface area (TPSA) is 57.6 Å². The molecule has 0 saturated carbocycles. The van der Waals surface area contributed by atoms with Crippen LogP contribution in [0.3, 0.4) is 0 Å². The molecule has 0 saturated heterocycles. The predicted molar refractivity (Wildman–Crippen MR) is 71.2 cm³/mol. The average molecular weight is 261 g/mol. The smallest absolute Gasteiger partial charge is 0.313 e. The van der Waals surface area contributed by atoms with E-state index in [0.717, 1.165) is 0 Å². The Balaban J connectivity index is 4.42. The average Bonchev–Trinajstić information content (AvgIpc) is 2.21. The summed E-state index contributed by atoms with van der Waals surface area (Å²) < 4.78 is 0. The first-order valence-electron chi connectivity index (χ1n) is 5.83. The van der Waals surface area contributed by atoms with Crippen LogP contribution in [0.15, 0.2) is 0 Å². The Bertz CT molecular complexity index is 266. The maximum absolute atomic E-state index is 12.2. The zero-order valence-corrected chi connectivity index (χ0v) is 12.1. The monoisotopic (exact) mass is 261 g/mol. The van der Waals surface area contributed by atoms with Crippen molar-refractivity contribution in [2.24, 2.45) is 11.8 Å². The quantitative estimate of drug-likeness (QED) is 0.761. The van der Waals surface area contributed by atoms with Crippen molar-refractivity contribution in [3.8, 4) is 0 Å². The van der Waals surface area contributed by atoms with E-state index in [1.165, 1.54) is 11.8 Å². The van der Waals surface area contributed by atoms with Gasteiger partial charge in [0.2, 0.25) is 5.91 Å². The third-order valence-electron chi connectivity index (χ3n) is 2.77. The van der Waals surface area contributed by atoms with E-state index in [9.17, 15) is 9.59 Å². The van der Waals surface area contributed by atoms with E-state index in [1.807, 2.05) is 27.7 Å². The van der Waals surface area contributed by atoms with E-state index in [2.05, 4.69) is 0 Å². The third kappa shape index (κ3) is 5.96. The fraction of sp³-hybridized carbons (Fsp3) is 0.833. The first-order valence-corrected chi connectivity index (χ1v) is 6.99. The number of thioether (sulfide) groups is 1. The summed E-state index contributed by atoms with van der Waals surface area (Å²) in [6, 6.07) is 0.174. The Hall–Kier alpha value is -0.710. The van der Waals surface area contributed by atoms with Crippen molar-refractivity contribution >= 4 is 23.6 Å². The molecular formula is C12H23NO3S. The summed E-state index contributed by atoms with van der Waals surface area (Å²) in [6.07, 6.45) is 0. The van der Waals surface area contributed by atoms with Gasteiger partial charge in [0, 0.05) is 24.8 Å². The Morgan fingerprint density at radius 2 is 1.76 bits per heavy atom. The molecule has 100 valence electrons. The van der Waals surface area contributed by atoms with Crippen molar-refractivity contribution in [3.63, 3.8) is 0 Å². The zero-order valence-electron chi connectivity index (χ0n) is 11.3. The fourth-order valence-corrected chi connectivity index (χ4v) is 2.41. The predicted octanol–water partition coefficient (Wildman–Crippen LogP) is 1.94. The number of amides is 1. The molecule has 0 aromatic heterocycles. The van der Waals surface area contributed by atoms with Gasteiger partial charge < -0.3 is 10.0 Å². The minimum atomic E-state index is -0.831. The number of aliphatic carboxylic acids is 1. The van der Waals surface area contributed by atoms with Crippen LogP contribution in [0, 0.1) is 11.8 Å². The van der Waals surface area contributed by atoms with E-state index in [4.69, 9.17) is 5.11 Å². The molecule has 1 atom stereocenters. The van der Waals surface area contributed by atoms with Crippen LogP contribution >= 0.6 is 11.8 Å². The second-order valence-electron chi connectivity index (χ2n) is 4.80. The second kappa shape index (κ2) is 7.58. The molecule has 0 bridgehead atoms. The van der Waals surface area contributed by atoms with Crippen molar-refractivity contribution < 1.29 is 14.7 Å². The Labute approximate surface area is 108 Å². The molecule has 0 aliphatic rings. The number of nitrogens with zero attached hydrogens (tertiary/aromatic N) is 1. The minimum Gasteiger partial charge on any atom is -0.481 e. The molecule has 0 aliphatic carbocycles. The van der Waals surface area contributed by atoms with Crippen LogP contribution in [-0.4, -0.2) is 46.5 Å². The second-order valence-corrected chi connectivity index (χ2v) is 5.83. The van der Waals surface area contributed by atoms with Gasteiger partial charge in [-0.05, 0) is 19.8 Å². The van der Waals surface area contributed by atoms with Gasteiger partial charge in [-0.25, -0.2) is 0 Å². The van der Waals surface area contributed by atoms with E-state index in [-0.39, 0.29) is 29.5 Å². The normalized spacial score (nSPS) is 12.9. The maximum Gasteiger partial charge on any atom is 0.313 e. The molecule has 17 heavy (non-hydrogen) atoms. The van der Waals surface area contributed by atoms with E-state index >= 15 is 0 Å². The van der Waals surface area contributed by atoms with Crippen LogP contribution in [0.5, 0.6) is 0 Å². The highest BCUT2D eigenvalue weighted by atomic mass is 32.2. The van der Waals surface area contributed by atoms with Gasteiger partial charge in [0.15, 0.2) is 0 Å². The molecule has 0 unspecified atom stereocenters. The number of rotatable bonds is 7. The van der Waals surface area contributed by atoms with E-state index in [0.29, 0.717) is 5.75 Å². The molecular weight excluding hydrogens is 238 g/mol. The van der Waals surface area contributed by atoms with Crippen LogP contribution in [0.1, 0.15) is 27.7 Å². The van der Waals surface area contributed by atoms with Crippen molar-refractivity contribution in [1.29, 1.82) is 0 Å². The highest BCUT2D eigenvalue weighted by Crippen LogP contribution is 2.20. The molecule has 1 amide bonds. The van der Waals surface area contributed by atoms with Crippen molar-refractivity contribution in [1.82, 2.24) is 4.90 Å². The van der Waals surface area contributed by atoms with E-state index < -0.39 is 5.97 Å². The van der Waals surface area contributed by atoms with Gasteiger partial charge >= 0.3 is 5.97 Å². The van der Waals surface area contributed by atoms with Crippen molar-refractivity contribution in [3.05, 3.63) is 0 Å². The highest BCUT2D eigenvalue weighted by molar-refractivity contribution is 7.99. The molecule has 0 rings (SSSR count). The molecule has 5 heteroatoms. The van der Waals surface area contributed by atoms with Crippen molar-refractivity contribution in [2.45, 2.75) is 33.7 Å². The zero-order chi connectivity index (χ0) is 13.6. The van der Waals surface area contributed by atoms with Gasteiger partial charge in [0.05, 0.1) is 5.75 Å². The van der Waals surface area contributed by atoms with Crippen LogP contribution in [-0.2, 0) is 9.59 Å². The number of hydrogen-bond acceptors (Lipinski definition) is 3. The van der Waals surface area contributed by atoms with Crippen LogP contribution in [0.4, 0.5) is 0 Å². The molecule has 0 spiro atoms. The van der Waals surface area contributed by atoms with Gasteiger partial charge in [0.25, 0.3) is 0 Å². The lowest BCUT2D eigenvalue weighted by molar-refractivity contribution is -0.136. The summed E-state index contributed by atoms with van der Waals surface area (Å²) in [5, 5.41) is 8.58. The standard InChI is InChI=1S/C12H23NO3S/c1-8(2)10(6-17-7-11(14)15)12(16)13(5)9(3)4/h8-10H,6-7H2,1-5H3,(H,14,15)/t10-/m0/s1. The summed E-state index contributed by atoms with van der Waals surface area (Å²) in [6.45, 7) is 7.94. The van der Waals surface area contributed by atoms with Crippen LogP contribution in [0.2, 0.25) is 0 Å². The fourth-order valence-electron chi connectivity index (χ4n) is 1.34. The molecule has 0 radical (unpaired) electrons. The number of carbonyl (C=O) groups excluding carboxylic acids is 1. The molecule has 0 aliphatic heterocycles. The molecule has 1 N–H and O–H groups in total. The van der Waals surface area contributed by atoms with Crippen LogP contribution in [0.25, 0.3) is 0 Å². The Morgan fingerprint density at radius 1 is 1.24 bits per heavy atom. The minimum absolute atomic E-state index is 0.0574. The Morgan fingerprint density at radius 3 is 2.12 bits per heavy atom. The number of carboxylic acid groups (broad SMARTS) is 1. The summed E-state index contributed by atoms with van der Waals surface area (Å²) in [5.41, 5.74) is 0. The summed E-state index contributed by atoms with van der Waals surface area (Å²) in [4.78, 5) is 24.3.